The van der Waals surface area contributed by atoms with Gasteiger partial charge >= 0.3 is 5.97 Å². The Bertz CT molecular complexity index is 743. The third kappa shape index (κ3) is 3.56. The first-order valence-corrected chi connectivity index (χ1v) is 10.7. The molecule has 152 valence electrons. The van der Waals surface area contributed by atoms with E-state index in [0.29, 0.717) is 24.3 Å². The summed E-state index contributed by atoms with van der Waals surface area (Å²) in [6, 6.07) is 6.52. The van der Waals surface area contributed by atoms with Crippen molar-refractivity contribution in [1.82, 2.24) is 5.32 Å². The maximum Gasteiger partial charge on any atom is 0.317 e. The average molecular weight is 387 g/mol. The molecule has 0 aliphatic heterocycles. The van der Waals surface area contributed by atoms with Gasteiger partial charge in [0.05, 0.1) is 5.41 Å². The molecule has 4 atom stereocenters. The van der Waals surface area contributed by atoms with Crippen molar-refractivity contribution >= 4 is 11.9 Å². The molecule has 3 fully saturated rings. The van der Waals surface area contributed by atoms with Crippen molar-refractivity contribution in [3.8, 4) is 0 Å². The van der Waals surface area contributed by atoms with Gasteiger partial charge in [-0.25, -0.2) is 4.39 Å². The summed E-state index contributed by atoms with van der Waals surface area (Å²) in [6.07, 6.45) is 7.94. The summed E-state index contributed by atoms with van der Waals surface area (Å²) in [5, 5.41) is 3.03. The molecule has 4 nitrogen and oxygen atoms in total. The van der Waals surface area contributed by atoms with Gasteiger partial charge in [0.1, 0.15) is 5.82 Å². The number of nitrogens with one attached hydrogen (secondary N) is 1. The van der Waals surface area contributed by atoms with Crippen LogP contribution in [0.4, 0.5) is 4.39 Å². The minimum absolute atomic E-state index is 0.105. The lowest BCUT2D eigenvalue weighted by Gasteiger charge is -2.29. The fourth-order valence-corrected chi connectivity index (χ4v) is 5.99. The monoisotopic (exact) mass is 387 g/mol. The third-order valence-electron chi connectivity index (χ3n) is 7.40. The molecule has 1 amide bonds. The van der Waals surface area contributed by atoms with Crippen molar-refractivity contribution in [3.63, 3.8) is 0 Å². The summed E-state index contributed by atoms with van der Waals surface area (Å²) in [5.74, 6) is 0.984. The lowest BCUT2D eigenvalue weighted by molar-refractivity contribution is -0.154. The number of halogens is 1. The lowest BCUT2D eigenvalue weighted by atomic mass is 9.78. The molecule has 3 aliphatic rings. The second-order valence-corrected chi connectivity index (χ2v) is 9.04. The summed E-state index contributed by atoms with van der Waals surface area (Å²) < 4.78 is 19.8. The van der Waals surface area contributed by atoms with Crippen molar-refractivity contribution in [3.05, 3.63) is 35.6 Å². The van der Waals surface area contributed by atoms with Gasteiger partial charge in [-0.15, -0.1) is 0 Å². The van der Waals surface area contributed by atoms with Crippen LogP contribution >= 0.6 is 0 Å². The van der Waals surface area contributed by atoms with E-state index < -0.39 is 11.4 Å². The standard InChI is InChI=1S/C23H30FNO3/c1-15(18-13-16-8-9-17(18)12-16)25-21(26)14-28-22(27)23(10-4-5-11-23)19-6-2-3-7-20(19)24/h2-3,6-7,15-18H,4-5,8-14H2,1H3,(H,25,26)/t15-,16+,17+,18-/m1/s1. The Hall–Kier alpha value is -1.91. The van der Waals surface area contributed by atoms with Gasteiger partial charge in [-0.1, -0.05) is 37.5 Å². The van der Waals surface area contributed by atoms with E-state index in [0.717, 1.165) is 24.7 Å². The molecule has 2 bridgehead atoms. The molecule has 5 heteroatoms. The highest BCUT2D eigenvalue weighted by atomic mass is 19.1. The number of benzene rings is 1. The quantitative estimate of drug-likeness (QED) is 0.747. The van der Waals surface area contributed by atoms with Crippen molar-refractivity contribution in [2.75, 3.05) is 6.61 Å². The Labute approximate surface area is 166 Å². The van der Waals surface area contributed by atoms with Gasteiger partial charge in [-0.2, -0.15) is 0 Å². The summed E-state index contributed by atoms with van der Waals surface area (Å²) in [6.45, 7) is 1.77. The number of hydrogen-bond acceptors (Lipinski definition) is 3. The lowest BCUT2D eigenvalue weighted by Crippen LogP contribution is -2.43. The summed E-state index contributed by atoms with van der Waals surface area (Å²) in [4.78, 5) is 25.3. The topological polar surface area (TPSA) is 55.4 Å². The Morgan fingerprint density at radius 2 is 1.96 bits per heavy atom. The van der Waals surface area contributed by atoms with E-state index in [4.69, 9.17) is 4.74 Å². The highest BCUT2D eigenvalue weighted by Gasteiger charge is 2.46. The van der Waals surface area contributed by atoms with Crippen LogP contribution in [0.15, 0.2) is 24.3 Å². The van der Waals surface area contributed by atoms with Crippen LogP contribution < -0.4 is 5.32 Å². The van der Waals surface area contributed by atoms with Gasteiger partial charge in [0, 0.05) is 11.6 Å². The van der Waals surface area contributed by atoms with E-state index in [2.05, 4.69) is 12.2 Å². The number of amides is 1. The number of carbonyl (C=O) groups excluding carboxylic acids is 2. The van der Waals surface area contributed by atoms with Gasteiger partial charge in [0.15, 0.2) is 6.61 Å². The zero-order valence-electron chi connectivity index (χ0n) is 16.6. The Balaban J connectivity index is 1.35. The number of hydrogen-bond donors (Lipinski definition) is 1. The smallest absolute Gasteiger partial charge is 0.317 e. The van der Waals surface area contributed by atoms with Gasteiger partial charge in [0.2, 0.25) is 0 Å². The largest absolute Gasteiger partial charge is 0.455 e. The molecule has 0 aromatic heterocycles. The molecule has 1 aromatic carbocycles. The predicted octanol–water partition coefficient (Wildman–Crippen LogP) is 4.12. The van der Waals surface area contributed by atoms with E-state index in [9.17, 15) is 14.0 Å². The van der Waals surface area contributed by atoms with Crippen molar-refractivity contribution in [2.45, 2.75) is 69.7 Å². The maximum absolute atomic E-state index is 14.4. The molecule has 0 spiro atoms. The van der Waals surface area contributed by atoms with E-state index in [-0.39, 0.29) is 24.4 Å². The summed E-state index contributed by atoms with van der Waals surface area (Å²) in [5.41, 5.74) is -0.560. The van der Waals surface area contributed by atoms with Gasteiger partial charge < -0.3 is 10.1 Å². The molecule has 1 aromatic rings. The Morgan fingerprint density at radius 3 is 2.61 bits per heavy atom. The van der Waals surface area contributed by atoms with Crippen LogP contribution in [0.25, 0.3) is 0 Å². The Kier molecular flexibility index (Phi) is 5.44. The van der Waals surface area contributed by atoms with Gasteiger partial charge in [0.25, 0.3) is 5.91 Å². The molecule has 28 heavy (non-hydrogen) atoms. The highest BCUT2D eigenvalue weighted by Crippen LogP contribution is 2.49. The zero-order valence-corrected chi connectivity index (χ0v) is 16.6. The molecule has 0 saturated heterocycles. The second kappa shape index (κ2) is 7.84. The third-order valence-corrected chi connectivity index (χ3v) is 7.40. The predicted molar refractivity (Wildman–Crippen MR) is 104 cm³/mol. The molecular weight excluding hydrogens is 357 g/mol. The fraction of sp³-hybridized carbons (Fsp3) is 0.652. The number of ether oxygens (including phenoxy) is 1. The molecule has 3 saturated carbocycles. The maximum atomic E-state index is 14.4. The van der Waals surface area contributed by atoms with E-state index in [1.165, 1.54) is 31.7 Å². The molecular formula is C23H30FNO3. The van der Waals surface area contributed by atoms with E-state index in [1.54, 1.807) is 18.2 Å². The first-order valence-electron chi connectivity index (χ1n) is 10.7. The normalized spacial score (nSPS) is 28.9. The van der Waals surface area contributed by atoms with Crippen molar-refractivity contribution in [2.24, 2.45) is 17.8 Å². The fourth-order valence-electron chi connectivity index (χ4n) is 5.99. The van der Waals surface area contributed by atoms with Crippen LogP contribution in [0.1, 0.15) is 63.9 Å². The van der Waals surface area contributed by atoms with Crippen LogP contribution in [0, 0.1) is 23.6 Å². The van der Waals surface area contributed by atoms with Crippen molar-refractivity contribution in [1.29, 1.82) is 0 Å². The first kappa shape index (κ1) is 19.4. The summed E-state index contributed by atoms with van der Waals surface area (Å²) in [7, 11) is 0. The van der Waals surface area contributed by atoms with E-state index >= 15 is 0 Å². The van der Waals surface area contributed by atoms with Crippen molar-refractivity contribution < 1.29 is 18.7 Å². The highest BCUT2D eigenvalue weighted by molar-refractivity contribution is 5.86. The minimum Gasteiger partial charge on any atom is -0.455 e. The molecule has 0 heterocycles. The molecule has 4 rings (SSSR count). The molecule has 3 aliphatic carbocycles. The number of esters is 1. The molecule has 0 radical (unpaired) electrons. The SMILES string of the molecule is C[C@@H](NC(=O)COC(=O)C1(c2ccccc2F)CCCC1)[C@H]1C[C@H]2CC[C@H]1C2. The Morgan fingerprint density at radius 1 is 1.21 bits per heavy atom. The zero-order chi connectivity index (χ0) is 19.7. The molecule has 0 unspecified atom stereocenters. The number of fused-ring (bicyclic) bond motifs is 2. The molecule has 1 N–H and O–H groups in total. The van der Waals surface area contributed by atoms with Gasteiger partial charge in [-0.05, 0) is 62.8 Å². The number of rotatable bonds is 6. The number of carbonyl (C=O) groups is 2. The van der Waals surface area contributed by atoms with Crippen LogP contribution in [0.2, 0.25) is 0 Å². The van der Waals surface area contributed by atoms with E-state index in [1.807, 2.05) is 0 Å². The van der Waals surface area contributed by atoms with Crippen LogP contribution in [0.3, 0.4) is 0 Å². The van der Waals surface area contributed by atoms with Crippen LogP contribution in [-0.2, 0) is 19.7 Å². The second-order valence-electron chi connectivity index (χ2n) is 9.04. The average Bonchev–Trinajstić information content (AvgIpc) is 3.43. The first-order chi connectivity index (χ1) is 13.5. The van der Waals surface area contributed by atoms with Crippen LogP contribution in [-0.4, -0.2) is 24.5 Å². The summed E-state index contributed by atoms with van der Waals surface area (Å²) >= 11 is 0. The minimum atomic E-state index is -0.957. The van der Waals surface area contributed by atoms with Crippen LogP contribution in [0.5, 0.6) is 0 Å². The van der Waals surface area contributed by atoms with Gasteiger partial charge in [-0.3, -0.25) is 9.59 Å².